The Morgan fingerprint density at radius 1 is 1.22 bits per heavy atom. The van der Waals surface area contributed by atoms with Crippen LogP contribution in [0.25, 0.3) is 0 Å². The Hall–Kier alpha value is -1.82. The van der Waals surface area contributed by atoms with Crippen molar-refractivity contribution in [3.8, 4) is 11.5 Å². The molecule has 128 valence electrons. The molecule has 0 unspecified atom stereocenters. The van der Waals surface area contributed by atoms with E-state index in [0.717, 1.165) is 0 Å². The lowest BCUT2D eigenvalue weighted by Gasteiger charge is -2.20. The van der Waals surface area contributed by atoms with Crippen LogP contribution in [0.3, 0.4) is 0 Å². The molecule has 1 N–H and O–H groups in total. The smallest absolute Gasteiger partial charge is 0.444 e. The summed E-state index contributed by atoms with van der Waals surface area (Å²) < 4.78 is 53.0. The van der Waals surface area contributed by atoms with Crippen molar-refractivity contribution in [2.24, 2.45) is 0 Å². The van der Waals surface area contributed by atoms with Gasteiger partial charge in [0, 0.05) is 0 Å². The van der Waals surface area contributed by atoms with Crippen molar-refractivity contribution >= 4 is 24.2 Å². The van der Waals surface area contributed by atoms with E-state index in [1.165, 1.54) is 25.5 Å². The second-order valence-electron chi connectivity index (χ2n) is 6.44. The van der Waals surface area contributed by atoms with Crippen LogP contribution in [0.1, 0.15) is 20.8 Å². The van der Waals surface area contributed by atoms with E-state index in [4.69, 9.17) is 4.74 Å². The molecule has 1 heterocycles. The molecular formula is C14H18F2NO5P. The zero-order chi connectivity index (χ0) is 17.6. The molecule has 1 aliphatic rings. The van der Waals surface area contributed by atoms with E-state index in [9.17, 15) is 18.1 Å². The second kappa shape index (κ2) is 5.37. The van der Waals surface area contributed by atoms with E-state index in [1.54, 1.807) is 20.8 Å². The summed E-state index contributed by atoms with van der Waals surface area (Å²) in [7, 11) is -2.89. The third kappa shape index (κ3) is 4.13. The molecule has 23 heavy (non-hydrogen) atoms. The third-order valence-corrected chi connectivity index (χ3v) is 4.26. The summed E-state index contributed by atoms with van der Waals surface area (Å²) in [5.74, 6) is -0.709. The Labute approximate surface area is 132 Å². The lowest BCUT2D eigenvalue weighted by atomic mass is 10.2. The largest absolute Gasteiger partial charge is 0.586 e. The molecular weight excluding hydrogens is 331 g/mol. The SMILES string of the molecule is CC(C)(C)OC(=O)Nc1ccc(P(C)(C)=O)c2c1OC(F)(F)O2. The Morgan fingerprint density at radius 2 is 1.78 bits per heavy atom. The molecule has 1 aliphatic heterocycles. The normalized spacial score (nSPS) is 16.1. The maximum atomic E-state index is 13.4. The predicted molar refractivity (Wildman–Crippen MR) is 81.6 cm³/mol. The minimum atomic E-state index is -3.89. The first-order valence-electron chi connectivity index (χ1n) is 6.77. The Balaban J connectivity index is 2.40. The fourth-order valence-corrected chi connectivity index (χ4v) is 3.02. The molecule has 0 aliphatic carbocycles. The number of carbonyl (C=O) groups is 1. The Kier molecular flexibility index (Phi) is 4.09. The first-order valence-corrected chi connectivity index (χ1v) is 9.37. The quantitative estimate of drug-likeness (QED) is 0.826. The number of ether oxygens (including phenoxy) is 3. The zero-order valence-corrected chi connectivity index (χ0v) is 14.3. The summed E-state index contributed by atoms with van der Waals surface area (Å²) in [5, 5.41) is 2.44. The highest BCUT2D eigenvalue weighted by atomic mass is 31.2. The number of benzene rings is 1. The van der Waals surface area contributed by atoms with Gasteiger partial charge in [-0.1, -0.05) is 0 Å². The van der Waals surface area contributed by atoms with E-state index in [1.807, 2.05) is 0 Å². The standard InChI is InChI=1S/C14H18F2NO5P/c1-13(2,3)22-12(18)17-8-6-7-9(23(4,5)19)11-10(8)20-14(15,16)21-11/h6-7H,1-5H3,(H,17,18). The van der Waals surface area contributed by atoms with Crippen molar-refractivity contribution < 1.29 is 32.4 Å². The number of hydrogen-bond acceptors (Lipinski definition) is 5. The molecule has 0 saturated carbocycles. The van der Waals surface area contributed by atoms with Gasteiger partial charge in [0.2, 0.25) is 0 Å². The van der Waals surface area contributed by atoms with Crippen LogP contribution < -0.4 is 20.1 Å². The van der Waals surface area contributed by atoms with Gasteiger partial charge in [0.25, 0.3) is 0 Å². The maximum absolute atomic E-state index is 13.4. The number of hydrogen-bond donors (Lipinski definition) is 1. The molecule has 6 nitrogen and oxygen atoms in total. The van der Waals surface area contributed by atoms with Crippen molar-refractivity contribution in [2.75, 3.05) is 18.6 Å². The topological polar surface area (TPSA) is 73.9 Å². The predicted octanol–water partition coefficient (Wildman–Crippen LogP) is 3.60. The third-order valence-electron chi connectivity index (χ3n) is 2.75. The van der Waals surface area contributed by atoms with Crippen LogP contribution in [0.15, 0.2) is 12.1 Å². The molecule has 0 bridgehead atoms. The number of fused-ring (bicyclic) bond motifs is 1. The fourth-order valence-electron chi connectivity index (χ4n) is 1.95. The van der Waals surface area contributed by atoms with E-state index >= 15 is 0 Å². The summed E-state index contributed by atoms with van der Waals surface area (Å²) in [6, 6.07) is 2.68. The zero-order valence-electron chi connectivity index (χ0n) is 13.4. The van der Waals surface area contributed by atoms with Crippen molar-refractivity contribution in [1.29, 1.82) is 0 Å². The minimum absolute atomic E-state index is 0.0522. The number of carbonyl (C=O) groups excluding carboxylic acids is 1. The molecule has 0 saturated heterocycles. The van der Waals surface area contributed by atoms with Crippen LogP contribution >= 0.6 is 7.14 Å². The monoisotopic (exact) mass is 349 g/mol. The second-order valence-corrected chi connectivity index (χ2v) is 9.62. The molecule has 0 atom stereocenters. The summed E-state index contributed by atoms with van der Waals surface area (Å²) in [4.78, 5) is 11.8. The molecule has 0 radical (unpaired) electrons. The van der Waals surface area contributed by atoms with Gasteiger partial charge in [0.15, 0.2) is 11.5 Å². The Morgan fingerprint density at radius 3 is 2.30 bits per heavy atom. The van der Waals surface area contributed by atoms with Gasteiger partial charge in [0.1, 0.15) is 12.7 Å². The van der Waals surface area contributed by atoms with E-state index in [2.05, 4.69) is 14.8 Å². The van der Waals surface area contributed by atoms with E-state index in [-0.39, 0.29) is 22.5 Å². The minimum Gasteiger partial charge on any atom is -0.444 e. The first-order chi connectivity index (χ1) is 10.3. The molecule has 9 heteroatoms. The van der Waals surface area contributed by atoms with Crippen LogP contribution in [0.2, 0.25) is 0 Å². The lowest BCUT2D eigenvalue weighted by molar-refractivity contribution is -0.286. The highest BCUT2D eigenvalue weighted by molar-refractivity contribution is 7.70. The van der Waals surface area contributed by atoms with Crippen LogP contribution in [-0.4, -0.2) is 31.3 Å². The van der Waals surface area contributed by atoms with Crippen molar-refractivity contribution in [3.05, 3.63) is 12.1 Å². The molecule has 1 aromatic rings. The maximum Gasteiger partial charge on any atom is 0.586 e. The average molecular weight is 349 g/mol. The number of halogens is 2. The van der Waals surface area contributed by atoms with E-state index in [0.29, 0.717) is 0 Å². The van der Waals surface area contributed by atoms with Crippen LogP contribution in [0, 0.1) is 0 Å². The molecule has 1 aromatic carbocycles. The molecule has 2 rings (SSSR count). The number of anilines is 1. The summed E-state index contributed by atoms with van der Waals surface area (Å²) >= 11 is 0. The van der Waals surface area contributed by atoms with Gasteiger partial charge in [0.05, 0.1) is 11.0 Å². The Bertz CT molecular complexity index is 693. The van der Waals surface area contributed by atoms with Crippen molar-refractivity contribution in [2.45, 2.75) is 32.7 Å². The van der Waals surface area contributed by atoms with Crippen LogP contribution in [0.5, 0.6) is 11.5 Å². The summed E-state index contributed by atoms with van der Waals surface area (Å²) in [6.45, 7) is 7.84. The first kappa shape index (κ1) is 17.5. The molecule has 1 amide bonds. The number of alkyl halides is 2. The van der Waals surface area contributed by atoms with Gasteiger partial charge in [-0.15, -0.1) is 8.78 Å². The van der Waals surface area contributed by atoms with Gasteiger partial charge in [-0.3, -0.25) is 5.32 Å². The number of amides is 1. The summed E-state index contributed by atoms with van der Waals surface area (Å²) in [6.07, 6.45) is -4.72. The van der Waals surface area contributed by atoms with Gasteiger partial charge in [-0.2, -0.15) is 0 Å². The van der Waals surface area contributed by atoms with Crippen LogP contribution in [-0.2, 0) is 9.30 Å². The fraction of sp³-hybridized carbons (Fsp3) is 0.500. The lowest BCUT2D eigenvalue weighted by Crippen LogP contribution is -2.28. The molecule has 0 spiro atoms. The van der Waals surface area contributed by atoms with Gasteiger partial charge in [-0.25, -0.2) is 4.79 Å². The van der Waals surface area contributed by atoms with E-state index < -0.39 is 25.1 Å². The highest BCUT2D eigenvalue weighted by Gasteiger charge is 2.47. The summed E-state index contributed by atoms with van der Waals surface area (Å²) in [5.41, 5.74) is -0.805. The number of rotatable bonds is 2. The molecule has 0 fully saturated rings. The van der Waals surface area contributed by atoms with Gasteiger partial charge < -0.3 is 18.8 Å². The highest BCUT2D eigenvalue weighted by Crippen LogP contribution is 2.50. The number of nitrogens with one attached hydrogen (secondary N) is 1. The van der Waals surface area contributed by atoms with Crippen molar-refractivity contribution in [3.63, 3.8) is 0 Å². The van der Waals surface area contributed by atoms with Gasteiger partial charge >= 0.3 is 12.4 Å². The van der Waals surface area contributed by atoms with Crippen molar-refractivity contribution in [1.82, 2.24) is 0 Å². The van der Waals surface area contributed by atoms with Crippen LogP contribution in [0.4, 0.5) is 19.3 Å². The molecule has 0 aromatic heterocycles. The average Bonchev–Trinajstić information content (AvgIpc) is 2.60. The van der Waals surface area contributed by atoms with Gasteiger partial charge in [-0.05, 0) is 46.2 Å².